The smallest absolute Gasteiger partial charge is 0.345 e. The van der Waals surface area contributed by atoms with Crippen LogP contribution in [0.3, 0.4) is 0 Å². The summed E-state index contributed by atoms with van der Waals surface area (Å²) in [7, 11) is 4.19. The number of nitro benzene ring substituents is 1. The van der Waals surface area contributed by atoms with Crippen LogP contribution in [-0.4, -0.2) is 71.4 Å². The highest BCUT2D eigenvalue weighted by molar-refractivity contribution is 9.12. The summed E-state index contributed by atoms with van der Waals surface area (Å²) in [5, 5.41) is 11.8. The maximum absolute atomic E-state index is 12.5. The predicted molar refractivity (Wildman–Crippen MR) is 126 cm³/mol. The van der Waals surface area contributed by atoms with Crippen LogP contribution in [0.15, 0.2) is 16.6 Å². The number of carbonyl (C=O) groups excluding carboxylic acids is 1. The minimum Gasteiger partial charge on any atom is -0.492 e. The fraction of sp³-hybridized carbons (Fsp3) is 0.591. The number of methoxy groups -OCH3 is 3. The average Bonchev–Trinajstić information content (AvgIpc) is 3.34. The van der Waals surface area contributed by atoms with Crippen LogP contribution in [0.5, 0.6) is 17.2 Å². The summed E-state index contributed by atoms with van der Waals surface area (Å²) in [5.41, 5.74) is -0.0827. The number of allylic oxidation sites excluding steroid dienone is 1. The largest absolute Gasteiger partial charge is 0.492 e. The molecule has 1 aromatic rings. The molecule has 1 saturated heterocycles. The van der Waals surface area contributed by atoms with E-state index in [1.807, 2.05) is 0 Å². The first-order valence-corrected chi connectivity index (χ1v) is 11.5. The van der Waals surface area contributed by atoms with Gasteiger partial charge in [0.25, 0.3) is 0 Å². The Hall–Kier alpha value is -2.45. The van der Waals surface area contributed by atoms with Gasteiger partial charge in [0, 0.05) is 27.1 Å². The zero-order valence-electron chi connectivity index (χ0n) is 20.1. The second-order valence-corrected chi connectivity index (χ2v) is 8.17. The summed E-state index contributed by atoms with van der Waals surface area (Å²) < 4.78 is 42.8. The minimum absolute atomic E-state index is 0.0308. The van der Waals surface area contributed by atoms with Crippen molar-refractivity contribution in [2.75, 3.05) is 48.1 Å². The first kappa shape index (κ1) is 28.8. The number of benzene rings is 1. The van der Waals surface area contributed by atoms with E-state index in [1.165, 1.54) is 27.4 Å². The third-order valence-corrected chi connectivity index (χ3v) is 5.39. The third kappa shape index (κ3) is 8.61. The lowest BCUT2D eigenvalue weighted by Crippen LogP contribution is -2.19. The first-order valence-electron chi connectivity index (χ1n) is 10.7. The second kappa shape index (κ2) is 14.8. The van der Waals surface area contributed by atoms with Gasteiger partial charge in [0.1, 0.15) is 6.10 Å². The summed E-state index contributed by atoms with van der Waals surface area (Å²) in [5.74, 6) is -0.400. The SMILES string of the molecule is COCOc1cc([N+](=O)[O-])c(OCOC)c(CC(C)OC(=O)/C(Br)=C\CCC2OCCO2)c1OC. The molecule has 1 aliphatic heterocycles. The number of rotatable bonds is 15. The first-order chi connectivity index (χ1) is 16.8. The Balaban J connectivity index is 2.23. The van der Waals surface area contributed by atoms with Gasteiger partial charge in [0.05, 0.1) is 41.4 Å². The number of nitrogens with zero attached hydrogens (tertiary/aromatic N) is 1. The number of esters is 1. The maximum atomic E-state index is 12.5. The van der Waals surface area contributed by atoms with Crippen molar-refractivity contribution in [1.29, 1.82) is 0 Å². The lowest BCUT2D eigenvalue weighted by Gasteiger charge is -2.20. The molecule has 13 heteroatoms. The van der Waals surface area contributed by atoms with Crippen LogP contribution in [0.25, 0.3) is 0 Å². The lowest BCUT2D eigenvalue weighted by atomic mass is 10.0. The van der Waals surface area contributed by atoms with E-state index in [4.69, 9.17) is 37.9 Å². The predicted octanol–water partition coefficient (Wildman–Crippen LogP) is 3.47. The monoisotopic (exact) mass is 563 g/mol. The van der Waals surface area contributed by atoms with E-state index in [0.717, 1.165) is 0 Å². The Morgan fingerprint density at radius 3 is 2.46 bits per heavy atom. The molecule has 2 rings (SSSR count). The van der Waals surface area contributed by atoms with Crippen LogP contribution in [0.2, 0.25) is 0 Å². The molecule has 1 unspecified atom stereocenters. The molecular weight excluding hydrogens is 534 g/mol. The van der Waals surface area contributed by atoms with Crippen LogP contribution in [0, 0.1) is 10.1 Å². The summed E-state index contributed by atoms with van der Waals surface area (Å²) in [6, 6.07) is 1.18. The van der Waals surface area contributed by atoms with Crippen molar-refractivity contribution in [3.8, 4) is 17.2 Å². The number of halogens is 1. The Kier molecular flexibility index (Phi) is 12.2. The molecule has 1 aliphatic rings. The molecule has 0 radical (unpaired) electrons. The van der Waals surface area contributed by atoms with Gasteiger partial charge in [-0.15, -0.1) is 0 Å². The molecule has 0 spiro atoms. The molecule has 0 aromatic heterocycles. The van der Waals surface area contributed by atoms with E-state index in [0.29, 0.717) is 26.1 Å². The van der Waals surface area contributed by atoms with Crippen molar-refractivity contribution in [2.45, 2.75) is 38.6 Å². The zero-order valence-corrected chi connectivity index (χ0v) is 21.7. The molecule has 1 aromatic carbocycles. The molecule has 0 amide bonds. The molecule has 1 heterocycles. The second-order valence-electron chi connectivity index (χ2n) is 7.31. The van der Waals surface area contributed by atoms with Gasteiger partial charge in [0.2, 0.25) is 5.75 Å². The molecule has 0 N–H and O–H groups in total. The normalized spacial score (nSPS) is 15.1. The van der Waals surface area contributed by atoms with Gasteiger partial charge in [-0.25, -0.2) is 4.79 Å². The quantitative estimate of drug-likeness (QED) is 0.102. The van der Waals surface area contributed by atoms with Gasteiger partial charge in [-0.3, -0.25) is 10.1 Å². The number of ether oxygens (including phenoxy) is 8. The van der Waals surface area contributed by atoms with Crippen molar-refractivity contribution in [3.05, 3.63) is 32.3 Å². The Morgan fingerprint density at radius 2 is 1.86 bits per heavy atom. The summed E-state index contributed by atoms with van der Waals surface area (Å²) in [6.07, 6.45) is 1.88. The van der Waals surface area contributed by atoms with Crippen LogP contribution < -0.4 is 14.2 Å². The van der Waals surface area contributed by atoms with E-state index in [9.17, 15) is 14.9 Å². The minimum atomic E-state index is -0.707. The number of hydrogen-bond donors (Lipinski definition) is 0. The third-order valence-electron chi connectivity index (χ3n) is 4.74. The Bertz CT molecular complexity index is 887. The van der Waals surface area contributed by atoms with E-state index in [2.05, 4.69) is 15.9 Å². The molecule has 1 fully saturated rings. The molecule has 1 atom stereocenters. The number of nitro groups is 1. The van der Waals surface area contributed by atoms with Crippen LogP contribution in [0.4, 0.5) is 5.69 Å². The molecule has 0 bridgehead atoms. The van der Waals surface area contributed by atoms with Gasteiger partial charge in [-0.1, -0.05) is 6.08 Å². The van der Waals surface area contributed by atoms with E-state index < -0.39 is 17.0 Å². The van der Waals surface area contributed by atoms with Gasteiger partial charge in [-0.05, 0) is 29.3 Å². The van der Waals surface area contributed by atoms with Crippen LogP contribution in [-0.2, 0) is 34.9 Å². The van der Waals surface area contributed by atoms with E-state index in [1.54, 1.807) is 13.0 Å². The van der Waals surface area contributed by atoms with Gasteiger partial charge < -0.3 is 37.9 Å². The Morgan fingerprint density at radius 1 is 1.20 bits per heavy atom. The molecule has 35 heavy (non-hydrogen) atoms. The highest BCUT2D eigenvalue weighted by atomic mass is 79.9. The molecule has 0 saturated carbocycles. The summed E-state index contributed by atoms with van der Waals surface area (Å²) in [6.45, 7) is 2.36. The number of carbonyl (C=O) groups is 1. The molecular formula is C22H30BrNO11. The van der Waals surface area contributed by atoms with E-state index >= 15 is 0 Å². The molecule has 12 nitrogen and oxygen atoms in total. The molecule has 196 valence electrons. The lowest BCUT2D eigenvalue weighted by molar-refractivity contribution is -0.386. The van der Waals surface area contributed by atoms with E-state index in [-0.39, 0.29) is 59.3 Å². The van der Waals surface area contributed by atoms with Gasteiger partial charge >= 0.3 is 11.7 Å². The average molecular weight is 564 g/mol. The van der Waals surface area contributed by atoms with Crippen LogP contribution in [0.1, 0.15) is 25.3 Å². The van der Waals surface area contributed by atoms with Crippen molar-refractivity contribution < 1.29 is 47.6 Å². The van der Waals surface area contributed by atoms with Crippen molar-refractivity contribution in [2.24, 2.45) is 0 Å². The summed E-state index contributed by atoms with van der Waals surface area (Å²) >= 11 is 3.23. The topological polar surface area (TPSA) is 134 Å². The van der Waals surface area contributed by atoms with Crippen molar-refractivity contribution in [3.63, 3.8) is 0 Å². The summed E-state index contributed by atoms with van der Waals surface area (Å²) in [4.78, 5) is 23.7. The highest BCUT2D eigenvalue weighted by Crippen LogP contribution is 2.45. The van der Waals surface area contributed by atoms with Gasteiger partial charge in [0.15, 0.2) is 31.4 Å². The molecule has 0 aliphatic carbocycles. The fourth-order valence-electron chi connectivity index (χ4n) is 3.29. The fourth-order valence-corrected chi connectivity index (χ4v) is 3.61. The van der Waals surface area contributed by atoms with Crippen molar-refractivity contribution in [1.82, 2.24) is 0 Å². The van der Waals surface area contributed by atoms with Crippen LogP contribution >= 0.6 is 15.9 Å². The number of hydrogen-bond acceptors (Lipinski definition) is 11. The van der Waals surface area contributed by atoms with Gasteiger partial charge in [-0.2, -0.15) is 0 Å². The highest BCUT2D eigenvalue weighted by Gasteiger charge is 2.30. The van der Waals surface area contributed by atoms with Crippen molar-refractivity contribution >= 4 is 27.6 Å². The zero-order chi connectivity index (χ0) is 25.8. The maximum Gasteiger partial charge on any atom is 0.345 e. The Labute approximate surface area is 211 Å². The standard InChI is InChI=1S/C22H30BrNO11/c1-14(35-22(25)16(23)6-5-7-19-31-8-9-32-19)10-15-20(34-13-29-3)17(24(26)27)11-18(21(15)30-4)33-12-28-2/h6,11,14,19H,5,7-10,12-13H2,1-4H3/b16-6+.